The Morgan fingerprint density at radius 1 is 1.40 bits per heavy atom. The quantitative estimate of drug-likeness (QED) is 0.575. The second kappa shape index (κ2) is 5.72. The molecule has 0 rings (SSSR count). The van der Waals surface area contributed by atoms with Gasteiger partial charge in [0.1, 0.15) is 0 Å². The molecule has 0 unspecified atom stereocenters. The van der Waals surface area contributed by atoms with Crippen LogP contribution in [0.25, 0.3) is 0 Å². The Kier molecular flexibility index (Phi) is 5.70. The van der Waals surface area contributed by atoms with Crippen LogP contribution in [0.2, 0.25) is 0 Å². The van der Waals surface area contributed by atoms with E-state index in [0.717, 1.165) is 19.1 Å². The van der Waals surface area contributed by atoms with Crippen molar-refractivity contribution in [2.75, 3.05) is 13.2 Å². The van der Waals surface area contributed by atoms with Crippen LogP contribution in [0.15, 0.2) is 0 Å². The molecule has 1 nitrogen and oxygen atoms in total. The molecule has 61 valence electrons. The molecule has 0 atom stereocenters. The average Bonchev–Trinajstić information content (AvgIpc) is 1.82. The Bertz CT molecular complexity index is 69.1. The molecular formula is C9H19O. The lowest BCUT2D eigenvalue weighted by atomic mass is 10.00. The molecule has 0 aliphatic rings. The van der Waals surface area contributed by atoms with Crippen LogP contribution in [0.5, 0.6) is 0 Å². The van der Waals surface area contributed by atoms with Crippen molar-refractivity contribution in [3.8, 4) is 0 Å². The van der Waals surface area contributed by atoms with Gasteiger partial charge in [0.15, 0.2) is 0 Å². The first kappa shape index (κ1) is 9.96. The zero-order valence-corrected chi connectivity index (χ0v) is 7.61. The van der Waals surface area contributed by atoms with Crippen molar-refractivity contribution >= 4 is 0 Å². The fourth-order valence-electron chi connectivity index (χ4n) is 1.03. The fourth-order valence-corrected chi connectivity index (χ4v) is 1.03. The van der Waals surface area contributed by atoms with Gasteiger partial charge in [-0.15, -0.1) is 0 Å². The van der Waals surface area contributed by atoms with Gasteiger partial charge in [-0.1, -0.05) is 20.8 Å². The van der Waals surface area contributed by atoms with Gasteiger partial charge in [-0.05, 0) is 25.2 Å². The summed E-state index contributed by atoms with van der Waals surface area (Å²) in [5.74, 6) is 2.22. The van der Waals surface area contributed by atoms with E-state index in [-0.39, 0.29) is 0 Å². The Morgan fingerprint density at radius 2 is 2.00 bits per heavy atom. The maximum atomic E-state index is 5.26. The predicted molar refractivity (Wildman–Crippen MR) is 44.9 cm³/mol. The Labute approximate surface area is 64.8 Å². The predicted octanol–water partition coefficient (Wildman–Crippen LogP) is 2.66. The van der Waals surface area contributed by atoms with Crippen LogP contribution in [-0.4, -0.2) is 13.2 Å². The lowest BCUT2D eigenvalue weighted by molar-refractivity contribution is 0.153. The minimum absolute atomic E-state index is 0.764. The molecule has 0 aliphatic heterocycles. The summed E-state index contributed by atoms with van der Waals surface area (Å²) >= 11 is 0. The summed E-state index contributed by atoms with van der Waals surface area (Å²) < 4.78 is 5.26. The summed E-state index contributed by atoms with van der Waals surface area (Å²) in [5.41, 5.74) is 0. The van der Waals surface area contributed by atoms with E-state index in [0.29, 0.717) is 0 Å². The summed E-state index contributed by atoms with van der Waals surface area (Å²) in [6.07, 6.45) is 1.19. The van der Waals surface area contributed by atoms with Gasteiger partial charge >= 0.3 is 0 Å². The van der Waals surface area contributed by atoms with E-state index in [1.807, 2.05) is 6.92 Å². The van der Waals surface area contributed by atoms with E-state index in [4.69, 9.17) is 4.74 Å². The van der Waals surface area contributed by atoms with E-state index in [1.54, 1.807) is 0 Å². The molecule has 0 saturated heterocycles. The topological polar surface area (TPSA) is 9.23 Å². The monoisotopic (exact) mass is 143 g/mol. The summed E-state index contributed by atoms with van der Waals surface area (Å²) in [6, 6.07) is 0. The number of rotatable bonds is 5. The molecule has 0 aromatic carbocycles. The van der Waals surface area contributed by atoms with Gasteiger partial charge in [-0.25, -0.2) is 0 Å². The summed E-state index contributed by atoms with van der Waals surface area (Å²) in [5, 5.41) is 0. The molecule has 0 bridgehead atoms. The largest absolute Gasteiger partial charge is 0.381 e. The second-order valence-corrected chi connectivity index (χ2v) is 3.19. The van der Waals surface area contributed by atoms with Gasteiger partial charge in [-0.2, -0.15) is 0 Å². The van der Waals surface area contributed by atoms with Crippen molar-refractivity contribution in [1.29, 1.82) is 0 Å². The lowest BCUT2D eigenvalue weighted by Crippen LogP contribution is -2.06. The van der Waals surface area contributed by atoms with Gasteiger partial charge in [0.05, 0.1) is 6.61 Å². The molecule has 10 heavy (non-hydrogen) atoms. The zero-order valence-electron chi connectivity index (χ0n) is 7.61. The molecule has 1 heteroatoms. The van der Waals surface area contributed by atoms with E-state index in [2.05, 4.69) is 20.8 Å². The summed E-state index contributed by atoms with van der Waals surface area (Å²) in [7, 11) is 0. The van der Waals surface area contributed by atoms with Gasteiger partial charge < -0.3 is 4.74 Å². The van der Waals surface area contributed by atoms with Gasteiger partial charge in [0.25, 0.3) is 0 Å². The van der Waals surface area contributed by atoms with Gasteiger partial charge in [0.2, 0.25) is 0 Å². The molecule has 0 aliphatic carbocycles. The number of hydrogen-bond acceptors (Lipinski definition) is 1. The molecule has 0 aromatic heterocycles. The summed E-state index contributed by atoms with van der Waals surface area (Å²) in [4.78, 5) is 0. The molecule has 0 N–H and O–H groups in total. The van der Waals surface area contributed by atoms with E-state index in [1.165, 1.54) is 12.3 Å². The molecule has 0 saturated carbocycles. The van der Waals surface area contributed by atoms with Crippen molar-refractivity contribution in [1.82, 2.24) is 0 Å². The minimum atomic E-state index is 0.764. The van der Waals surface area contributed by atoms with Gasteiger partial charge in [0, 0.05) is 6.61 Å². The molecule has 1 radical (unpaired) electrons. The molecule has 0 aromatic rings. The van der Waals surface area contributed by atoms with Crippen molar-refractivity contribution in [2.24, 2.45) is 5.92 Å². The maximum absolute atomic E-state index is 5.26. The zero-order chi connectivity index (χ0) is 7.98. The third-order valence-electron chi connectivity index (χ3n) is 1.31. The average molecular weight is 143 g/mol. The van der Waals surface area contributed by atoms with E-state index >= 15 is 0 Å². The van der Waals surface area contributed by atoms with Crippen molar-refractivity contribution < 1.29 is 4.74 Å². The minimum Gasteiger partial charge on any atom is -0.381 e. The van der Waals surface area contributed by atoms with Crippen LogP contribution < -0.4 is 0 Å². The maximum Gasteiger partial charge on any atom is 0.0525 e. The smallest absolute Gasteiger partial charge is 0.0525 e. The molecule has 0 heterocycles. The first-order valence-electron chi connectivity index (χ1n) is 4.05. The Balaban J connectivity index is 3.16. The molecule has 0 spiro atoms. The van der Waals surface area contributed by atoms with Crippen LogP contribution >= 0.6 is 0 Å². The first-order chi connectivity index (χ1) is 4.66. The SMILES string of the molecule is CCOC[C](C)CC(C)C. The van der Waals surface area contributed by atoms with E-state index < -0.39 is 0 Å². The fraction of sp³-hybridized carbons (Fsp3) is 0.889. The summed E-state index contributed by atoms with van der Waals surface area (Å²) in [6.45, 7) is 10.3. The standard InChI is InChI=1S/C9H19O/c1-5-10-7-9(4)6-8(2)3/h8H,5-7H2,1-4H3. The van der Waals surface area contributed by atoms with Crippen LogP contribution in [0.4, 0.5) is 0 Å². The molecular weight excluding hydrogens is 124 g/mol. The normalized spacial score (nSPS) is 11.4. The second-order valence-electron chi connectivity index (χ2n) is 3.19. The third-order valence-corrected chi connectivity index (χ3v) is 1.31. The highest BCUT2D eigenvalue weighted by molar-refractivity contribution is 4.84. The number of hydrogen-bond donors (Lipinski definition) is 0. The third kappa shape index (κ3) is 6.09. The lowest BCUT2D eigenvalue weighted by Gasteiger charge is -2.12. The highest BCUT2D eigenvalue weighted by Gasteiger charge is 2.04. The Hall–Kier alpha value is -0.0400. The van der Waals surface area contributed by atoms with Crippen molar-refractivity contribution in [3.63, 3.8) is 0 Å². The molecule has 0 amide bonds. The highest BCUT2D eigenvalue weighted by Crippen LogP contribution is 2.12. The molecule has 0 fully saturated rings. The first-order valence-corrected chi connectivity index (χ1v) is 4.05. The number of ether oxygens (including phenoxy) is 1. The van der Waals surface area contributed by atoms with Crippen LogP contribution in [0.3, 0.4) is 0 Å². The van der Waals surface area contributed by atoms with Crippen LogP contribution in [0, 0.1) is 11.8 Å². The van der Waals surface area contributed by atoms with Crippen molar-refractivity contribution in [2.45, 2.75) is 34.1 Å². The van der Waals surface area contributed by atoms with Gasteiger partial charge in [-0.3, -0.25) is 0 Å². The highest BCUT2D eigenvalue weighted by atomic mass is 16.5. The van der Waals surface area contributed by atoms with E-state index in [9.17, 15) is 0 Å². The van der Waals surface area contributed by atoms with Crippen LogP contribution in [0.1, 0.15) is 34.1 Å². The van der Waals surface area contributed by atoms with Crippen LogP contribution in [-0.2, 0) is 4.74 Å². The Morgan fingerprint density at radius 3 is 2.40 bits per heavy atom. The van der Waals surface area contributed by atoms with Crippen molar-refractivity contribution in [3.05, 3.63) is 5.92 Å².